The van der Waals surface area contributed by atoms with Crippen molar-refractivity contribution in [3.63, 3.8) is 0 Å². The summed E-state index contributed by atoms with van der Waals surface area (Å²) in [6.45, 7) is 7.72. The highest BCUT2D eigenvalue weighted by atomic mass is 19.2. The normalized spacial score (nSPS) is 12.7. The molecule has 5 rings (SSSR count). The zero-order chi connectivity index (χ0) is 43.3. The van der Waals surface area contributed by atoms with Gasteiger partial charge < -0.3 is 4.65 Å². The quantitative estimate of drug-likeness (QED) is 0.0364. The van der Waals surface area contributed by atoms with Gasteiger partial charge in [0.15, 0.2) is 58.3 Å². The molecule has 0 saturated heterocycles. The monoisotopic (exact) mass is 833 g/mol. The molecule has 0 aliphatic heterocycles. The molecule has 0 atom stereocenters. The van der Waals surface area contributed by atoms with Gasteiger partial charge in [-0.3, -0.25) is 0 Å². The minimum absolute atomic E-state index is 0.0659. The molecule has 0 aliphatic rings. The largest absolute Gasteiger partial charge is 0.687 e. The van der Waals surface area contributed by atoms with Crippen molar-refractivity contribution in [1.82, 2.24) is 0 Å². The molecule has 0 unspecified atom stereocenters. The molecule has 0 amide bonds. The average Bonchev–Trinajstić information content (AvgIpc) is 3.19. The lowest BCUT2D eigenvalue weighted by Crippen LogP contribution is -2.76. The van der Waals surface area contributed by atoms with Crippen LogP contribution in [0, 0.1) is 87.3 Å². The fraction of sp³-hybridized carbons (Fsp3) is 0.179. The van der Waals surface area contributed by atoms with Crippen LogP contribution in [0.4, 0.5) is 77.2 Å². The van der Waals surface area contributed by atoms with E-state index in [-0.39, 0.29) is 23.2 Å². The topological polar surface area (TPSA) is 34.0 Å². The number of rotatable bonds is 9. The van der Waals surface area contributed by atoms with Crippen LogP contribution in [0.2, 0.25) is 0 Å². The van der Waals surface area contributed by atoms with Gasteiger partial charge >= 0.3 is 0 Å². The standard InChI is InChI=1S/C39H25BF15N2O/c1-14(2)18-12-9-13-19(15(3)4)38(18)56-16(5)39(57-17-10-7-6-8-11-17)58-40(20-23(41)29(47)35(53)30(48)24(20)42,21-25(43)31(49)36(54)32(50)26(21)44)22-27(45)33(51)37(55)34(52)28(22)46/h6-15H,1-5H3/q-1. The highest BCUT2D eigenvalue weighted by Crippen LogP contribution is 2.36. The van der Waals surface area contributed by atoms with E-state index in [2.05, 4.69) is 9.98 Å². The van der Waals surface area contributed by atoms with Crippen LogP contribution in [-0.4, -0.2) is 18.0 Å². The van der Waals surface area contributed by atoms with E-state index in [1.54, 1.807) is 45.9 Å². The van der Waals surface area contributed by atoms with Gasteiger partial charge in [-0.05, 0) is 42.0 Å². The highest BCUT2D eigenvalue weighted by Gasteiger charge is 2.51. The van der Waals surface area contributed by atoms with Crippen molar-refractivity contribution in [1.29, 1.82) is 0 Å². The van der Waals surface area contributed by atoms with Crippen LogP contribution in [0.25, 0.3) is 0 Å². The Morgan fingerprint density at radius 3 is 1.05 bits per heavy atom. The van der Waals surface area contributed by atoms with Gasteiger partial charge in [0.05, 0.1) is 17.1 Å². The molecule has 0 aromatic heterocycles. The van der Waals surface area contributed by atoms with Crippen molar-refractivity contribution in [2.75, 3.05) is 0 Å². The Bertz CT molecular complexity index is 2240. The molecule has 0 fully saturated rings. The van der Waals surface area contributed by atoms with Crippen molar-refractivity contribution < 1.29 is 70.5 Å². The third kappa shape index (κ3) is 7.08. The lowest BCUT2D eigenvalue weighted by Gasteiger charge is -2.45. The van der Waals surface area contributed by atoms with Crippen LogP contribution in [0.1, 0.15) is 57.6 Å². The Balaban J connectivity index is 2.15. The van der Waals surface area contributed by atoms with E-state index in [0.717, 1.165) is 19.1 Å². The van der Waals surface area contributed by atoms with Crippen LogP contribution < -0.4 is 16.4 Å². The minimum atomic E-state index is -6.44. The van der Waals surface area contributed by atoms with E-state index in [1.165, 1.54) is 18.2 Å². The molecule has 5 aromatic rings. The Kier molecular flexibility index (Phi) is 12.2. The summed E-state index contributed by atoms with van der Waals surface area (Å²) in [7, 11) is 0. The van der Waals surface area contributed by atoms with E-state index >= 15 is 52.7 Å². The van der Waals surface area contributed by atoms with Crippen molar-refractivity contribution in [2.45, 2.75) is 46.5 Å². The van der Waals surface area contributed by atoms with Crippen LogP contribution in [0.15, 0.2) is 58.5 Å². The second-order valence-electron chi connectivity index (χ2n) is 13.4. The molecule has 0 aliphatic carbocycles. The molecule has 0 spiro atoms. The Hall–Kier alpha value is -5.75. The number of halogens is 15. The Labute approximate surface area is 319 Å². The molecular weight excluding hydrogens is 808 g/mol. The van der Waals surface area contributed by atoms with E-state index in [4.69, 9.17) is 4.65 Å². The highest BCUT2D eigenvalue weighted by molar-refractivity contribution is 7.08. The molecular formula is C39H25BF15N2O-. The fourth-order valence-electron chi connectivity index (χ4n) is 6.38. The van der Waals surface area contributed by atoms with Crippen molar-refractivity contribution in [2.24, 2.45) is 9.98 Å². The molecule has 5 aromatic carbocycles. The van der Waals surface area contributed by atoms with Gasteiger partial charge in [-0.2, -0.15) is 0 Å². The Morgan fingerprint density at radius 2 is 0.741 bits per heavy atom. The van der Waals surface area contributed by atoms with Crippen LogP contribution in [-0.2, 0) is 4.65 Å². The average molecular weight is 833 g/mol. The van der Waals surface area contributed by atoms with E-state index < -0.39 is 122 Å². The van der Waals surface area contributed by atoms with Gasteiger partial charge in [-0.15, -0.1) is 0 Å². The number of nitrogens with zero attached hydrogens (tertiary/aromatic N) is 2. The Morgan fingerprint density at radius 1 is 0.431 bits per heavy atom. The number of hydrogen-bond donors (Lipinski definition) is 0. The van der Waals surface area contributed by atoms with Crippen LogP contribution in [0.5, 0.6) is 0 Å². The van der Waals surface area contributed by atoms with E-state index in [9.17, 15) is 13.2 Å². The van der Waals surface area contributed by atoms with Gasteiger partial charge in [-0.1, -0.05) is 80.5 Å². The molecule has 0 radical (unpaired) electrons. The maximum atomic E-state index is 16.2. The van der Waals surface area contributed by atoms with Gasteiger partial charge in [0.2, 0.25) is 0 Å². The maximum Gasteiger partial charge on any atom is 0.267 e. The molecule has 306 valence electrons. The predicted molar refractivity (Wildman–Crippen MR) is 185 cm³/mol. The molecule has 0 heterocycles. The van der Waals surface area contributed by atoms with Crippen molar-refractivity contribution in [3.05, 3.63) is 147 Å². The summed E-state index contributed by atoms with van der Waals surface area (Å²) >= 11 is 0. The molecule has 0 N–H and O–H groups in total. The van der Waals surface area contributed by atoms with Gasteiger partial charge in [-0.25, -0.2) is 75.8 Å². The zero-order valence-electron chi connectivity index (χ0n) is 30.3. The molecule has 19 heteroatoms. The fourth-order valence-corrected chi connectivity index (χ4v) is 6.38. The smallest absolute Gasteiger partial charge is 0.267 e. The summed E-state index contributed by atoms with van der Waals surface area (Å²) in [5.41, 5.74) is -8.99. The number of benzene rings is 5. The maximum absolute atomic E-state index is 16.2. The summed E-state index contributed by atoms with van der Waals surface area (Å²) in [5.74, 6) is -49.7. The van der Waals surface area contributed by atoms with E-state index in [0.29, 0.717) is 11.1 Å². The first-order valence-corrected chi connectivity index (χ1v) is 16.8. The van der Waals surface area contributed by atoms with Crippen LogP contribution >= 0.6 is 0 Å². The number of para-hydroxylation sites is 2. The third-order valence-electron chi connectivity index (χ3n) is 9.16. The van der Waals surface area contributed by atoms with Crippen LogP contribution in [0.3, 0.4) is 0 Å². The number of aliphatic imine (C=N–C) groups is 2. The van der Waals surface area contributed by atoms with Crippen molar-refractivity contribution in [3.8, 4) is 0 Å². The van der Waals surface area contributed by atoms with E-state index in [1.807, 2.05) is 0 Å². The second kappa shape index (κ2) is 16.2. The second-order valence-corrected chi connectivity index (χ2v) is 13.4. The summed E-state index contributed by atoms with van der Waals surface area (Å²) in [4.78, 5) is 8.42. The van der Waals surface area contributed by atoms with Gasteiger partial charge in [0.25, 0.3) is 6.35 Å². The summed E-state index contributed by atoms with van der Waals surface area (Å²) < 4.78 is 237. The molecule has 58 heavy (non-hydrogen) atoms. The summed E-state index contributed by atoms with van der Waals surface area (Å²) in [5, 5.41) is 0. The summed E-state index contributed by atoms with van der Waals surface area (Å²) in [6, 6.07) is 10.9. The zero-order valence-corrected chi connectivity index (χ0v) is 30.3. The first-order chi connectivity index (χ1) is 27.1. The first-order valence-electron chi connectivity index (χ1n) is 16.8. The minimum Gasteiger partial charge on any atom is -0.687 e. The SMILES string of the molecule is CC(=Nc1c(C(C)C)cccc1C(C)C)C(=Nc1ccccc1)O[B-](c1c(F)c(F)c(F)c(F)c1F)(c1c(F)c(F)c(F)c(F)c1F)c1c(F)c(F)c(F)c(F)c1F. The first kappa shape index (κ1) is 43.4. The van der Waals surface area contributed by atoms with Crippen molar-refractivity contribution >= 4 is 45.7 Å². The lowest BCUT2D eigenvalue weighted by molar-refractivity contribution is 0.375. The third-order valence-corrected chi connectivity index (χ3v) is 9.16. The molecule has 3 nitrogen and oxygen atoms in total. The molecule has 0 bridgehead atoms. The molecule has 0 saturated carbocycles. The summed E-state index contributed by atoms with van der Waals surface area (Å²) in [6.07, 6.45) is -6.44. The van der Waals surface area contributed by atoms with Gasteiger partial charge in [0.1, 0.15) is 34.9 Å². The predicted octanol–water partition coefficient (Wildman–Crippen LogP) is 10.5. The van der Waals surface area contributed by atoms with Gasteiger partial charge in [0, 0.05) is 0 Å². The lowest BCUT2D eigenvalue weighted by atomic mass is 9.27. The number of hydrogen-bond acceptors (Lipinski definition) is 3.